The molecular weight excluding hydrogens is 142 g/mol. The molecule has 0 aromatic carbocycles. The van der Waals surface area contributed by atoms with Crippen LogP contribution in [0.3, 0.4) is 0 Å². The highest BCUT2D eigenvalue weighted by molar-refractivity contribution is 5.68. The molecule has 2 aromatic rings. The first-order valence-corrected chi connectivity index (χ1v) is 3.07. The first kappa shape index (κ1) is 5.96. The molecule has 0 radical (unpaired) electrons. The second-order valence-corrected chi connectivity index (χ2v) is 2.02. The summed E-state index contributed by atoms with van der Waals surface area (Å²) in [6.45, 7) is 0. The molecule has 0 aliphatic heterocycles. The van der Waals surface area contributed by atoms with Crippen LogP contribution in [0.25, 0.3) is 11.2 Å². The minimum absolute atomic E-state index is 0.172. The maximum atomic E-state index is 5.31. The summed E-state index contributed by atoms with van der Waals surface area (Å²) in [5.74, 6) is 0.172. The van der Waals surface area contributed by atoms with Crippen LogP contribution in [0, 0.1) is 0 Å². The van der Waals surface area contributed by atoms with Crippen LogP contribution in [-0.4, -0.2) is 20.2 Å². The van der Waals surface area contributed by atoms with Crippen LogP contribution in [0.2, 0.25) is 0 Å². The van der Waals surface area contributed by atoms with Gasteiger partial charge >= 0.3 is 0 Å². The lowest BCUT2D eigenvalue weighted by molar-refractivity contribution is 1.02. The molecule has 0 spiro atoms. The largest absolute Gasteiger partial charge is 0.366 e. The van der Waals surface area contributed by atoms with Crippen molar-refractivity contribution in [2.45, 2.75) is 0 Å². The van der Waals surface area contributed by atoms with Gasteiger partial charge in [-0.1, -0.05) is 0 Å². The molecule has 0 amide bonds. The molecule has 54 valence electrons. The molecule has 2 N–H and O–H groups in total. The van der Waals surface area contributed by atoms with Crippen LogP contribution in [0.4, 0.5) is 5.95 Å². The molecule has 0 fully saturated rings. The molecule has 0 saturated carbocycles. The predicted molar refractivity (Wildman–Crippen MR) is 39.5 cm³/mol. The van der Waals surface area contributed by atoms with Crippen molar-refractivity contribution in [2.75, 3.05) is 5.73 Å². The average Bonchev–Trinajstić information content (AvgIpc) is 2.04. The Bertz CT molecular complexity index is 385. The molecule has 0 aliphatic carbocycles. The Morgan fingerprint density at radius 3 is 3.09 bits per heavy atom. The van der Waals surface area contributed by atoms with Crippen molar-refractivity contribution >= 4 is 17.1 Å². The van der Waals surface area contributed by atoms with Gasteiger partial charge in [0, 0.05) is 6.20 Å². The summed E-state index contributed by atoms with van der Waals surface area (Å²) in [5, 5.41) is 7.29. The lowest BCUT2D eigenvalue weighted by atomic mass is 10.4. The third kappa shape index (κ3) is 0.958. The molecule has 0 unspecified atom stereocenters. The highest BCUT2D eigenvalue weighted by Crippen LogP contribution is 2.02. The smallest absolute Gasteiger partial charge is 0.240 e. The van der Waals surface area contributed by atoms with E-state index in [-0.39, 0.29) is 5.95 Å². The fourth-order valence-electron chi connectivity index (χ4n) is 0.797. The first-order valence-electron chi connectivity index (χ1n) is 3.07. The van der Waals surface area contributed by atoms with Crippen LogP contribution < -0.4 is 5.73 Å². The van der Waals surface area contributed by atoms with Crippen LogP contribution in [0.1, 0.15) is 0 Å². The Hall–Kier alpha value is -1.78. The van der Waals surface area contributed by atoms with E-state index in [4.69, 9.17) is 5.73 Å². The molecule has 2 heterocycles. The van der Waals surface area contributed by atoms with E-state index < -0.39 is 0 Å². The number of rotatable bonds is 0. The van der Waals surface area contributed by atoms with Crippen molar-refractivity contribution in [3.63, 3.8) is 0 Å². The summed E-state index contributed by atoms with van der Waals surface area (Å²) in [5.41, 5.74) is 6.49. The molecule has 5 nitrogen and oxygen atoms in total. The fraction of sp³-hybridized carbons (Fsp3) is 0. The van der Waals surface area contributed by atoms with Gasteiger partial charge in [0.1, 0.15) is 5.52 Å². The van der Waals surface area contributed by atoms with Gasteiger partial charge < -0.3 is 5.73 Å². The zero-order valence-electron chi connectivity index (χ0n) is 5.60. The monoisotopic (exact) mass is 147 g/mol. The van der Waals surface area contributed by atoms with Crippen LogP contribution >= 0.6 is 0 Å². The topological polar surface area (TPSA) is 77.6 Å². The normalized spacial score (nSPS) is 10.2. The van der Waals surface area contributed by atoms with Gasteiger partial charge in [0.2, 0.25) is 11.6 Å². The van der Waals surface area contributed by atoms with Gasteiger partial charge in [-0.3, -0.25) is 0 Å². The standard InChI is InChI=1S/C6H5N5/c7-6-9-4-2-1-3-8-5(4)10-11-6/h1-3H,(H2,7,9,11). The third-order valence-electron chi connectivity index (χ3n) is 1.25. The molecule has 0 atom stereocenters. The van der Waals surface area contributed by atoms with E-state index in [2.05, 4.69) is 20.2 Å². The number of fused-ring (bicyclic) bond motifs is 1. The van der Waals surface area contributed by atoms with E-state index >= 15 is 0 Å². The Balaban J connectivity index is 2.83. The van der Waals surface area contributed by atoms with Gasteiger partial charge in [-0.05, 0) is 12.1 Å². The van der Waals surface area contributed by atoms with Gasteiger partial charge in [0.15, 0.2) is 0 Å². The number of nitrogen functional groups attached to an aromatic ring is 1. The molecule has 2 rings (SSSR count). The Labute approximate surface area is 62.3 Å². The number of anilines is 1. The third-order valence-corrected chi connectivity index (χ3v) is 1.25. The molecule has 11 heavy (non-hydrogen) atoms. The minimum Gasteiger partial charge on any atom is -0.366 e. The number of nitrogens with zero attached hydrogens (tertiary/aromatic N) is 4. The van der Waals surface area contributed by atoms with Gasteiger partial charge in [0.05, 0.1) is 0 Å². The Morgan fingerprint density at radius 1 is 1.27 bits per heavy atom. The maximum Gasteiger partial charge on any atom is 0.240 e. The molecule has 0 saturated heterocycles. The summed E-state index contributed by atoms with van der Waals surface area (Å²) in [7, 11) is 0. The predicted octanol–water partition coefficient (Wildman–Crippen LogP) is 0.00200. The summed E-state index contributed by atoms with van der Waals surface area (Å²) >= 11 is 0. The highest BCUT2D eigenvalue weighted by Gasteiger charge is 1.95. The number of hydrogen-bond acceptors (Lipinski definition) is 5. The van der Waals surface area contributed by atoms with E-state index in [1.807, 2.05) is 0 Å². The van der Waals surface area contributed by atoms with E-state index in [1.165, 1.54) is 0 Å². The summed E-state index contributed by atoms with van der Waals surface area (Å²) < 4.78 is 0. The molecule has 0 bridgehead atoms. The van der Waals surface area contributed by atoms with Gasteiger partial charge in [0.25, 0.3) is 0 Å². The van der Waals surface area contributed by atoms with Crippen molar-refractivity contribution < 1.29 is 0 Å². The SMILES string of the molecule is Nc1nnc2ncccc2n1. The van der Waals surface area contributed by atoms with Crippen molar-refractivity contribution in [1.29, 1.82) is 0 Å². The number of aromatic nitrogens is 4. The zero-order valence-corrected chi connectivity index (χ0v) is 5.60. The fourth-order valence-corrected chi connectivity index (χ4v) is 0.797. The molecule has 5 heteroatoms. The van der Waals surface area contributed by atoms with Gasteiger partial charge in [-0.25, -0.2) is 9.97 Å². The summed E-state index contributed by atoms with van der Waals surface area (Å²) in [6.07, 6.45) is 1.63. The quantitative estimate of drug-likeness (QED) is 0.567. The van der Waals surface area contributed by atoms with Crippen LogP contribution in [0.15, 0.2) is 18.3 Å². The second kappa shape index (κ2) is 2.12. The summed E-state index contributed by atoms with van der Waals surface area (Å²) in [6, 6.07) is 3.56. The van der Waals surface area contributed by atoms with Gasteiger partial charge in [-0.2, -0.15) is 0 Å². The van der Waals surface area contributed by atoms with Crippen molar-refractivity contribution in [2.24, 2.45) is 0 Å². The lowest BCUT2D eigenvalue weighted by Gasteiger charge is -1.92. The van der Waals surface area contributed by atoms with Crippen molar-refractivity contribution in [3.05, 3.63) is 18.3 Å². The first-order chi connectivity index (χ1) is 5.36. The van der Waals surface area contributed by atoms with E-state index in [9.17, 15) is 0 Å². The van der Waals surface area contributed by atoms with Crippen LogP contribution in [0.5, 0.6) is 0 Å². The van der Waals surface area contributed by atoms with E-state index in [0.717, 1.165) is 0 Å². The second-order valence-electron chi connectivity index (χ2n) is 2.02. The lowest BCUT2D eigenvalue weighted by Crippen LogP contribution is -1.98. The number of hydrogen-bond donors (Lipinski definition) is 1. The maximum absolute atomic E-state index is 5.31. The van der Waals surface area contributed by atoms with Crippen molar-refractivity contribution in [3.8, 4) is 0 Å². The Kier molecular flexibility index (Phi) is 1.15. The average molecular weight is 147 g/mol. The number of nitrogens with two attached hydrogens (primary N) is 1. The molecule has 2 aromatic heterocycles. The minimum atomic E-state index is 0.172. The number of pyridine rings is 1. The van der Waals surface area contributed by atoms with Crippen molar-refractivity contribution in [1.82, 2.24) is 20.2 Å². The van der Waals surface area contributed by atoms with Crippen LogP contribution in [-0.2, 0) is 0 Å². The zero-order chi connectivity index (χ0) is 7.68. The molecule has 0 aliphatic rings. The highest BCUT2D eigenvalue weighted by atomic mass is 15.2. The van der Waals surface area contributed by atoms with E-state index in [0.29, 0.717) is 11.2 Å². The van der Waals surface area contributed by atoms with E-state index in [1.54, 1.807) is 18.3 Å². The van der Waals surface area contributed by atoms with Gasteiger partial charge in [-0.15, -0.1) is 10.2 Å². The Morgan fingerprint density at radius 2 is 2.18 bits per heavy atom. The molecular formula is C6H5N5. The summed E-state index contributed by atoms with van der Waals surface area (Å²) in [4.78, 5) is 7.85.